The molecule has 12 aliphatic rings. The first kappa shape index (κ1) is 111. The summed E-state index contributed by atoms with van der Waals surface area (Å²) in [5, 5.41) is 19.5. The van der Waals surface area contributed by atoms with Gasteiger partial charge in [-0.2, -0.15) is 25.3 Å². The van der Waals surface area contributed by atoms with E-state index in [2.05, 4.69) is 146 Å². The molecule has 30 atom stereocenters. The molecule has 0 aromatic carbocycles. The van der Waals surface area contributed by atoms with Crippen LogP contribution in [0.2, 0.25) is 0 Å². The summed E-state index contributed by atoms with van der Waals surface area (Å²) < 4.78 is 160. The number of aliphatic hydroxyl groups is 1. The molecule has 3 amide bonds. The molecule has 12 fully saturated rings. The van der Waals surface area contributed by atoms with E-state index in [0.29, 0.717) is 155 Å². The Kier molecular flexibility index (Phi) is 38.8. The Bertz CT molecular complexity index is 4250. The SMILES string of the molecule is CC(C)OC1CCC2(C)C(C1)CC(O)C1C2CCC2(C)C(C(C)CCC(=O)NCCS(=O)(=O)OCOP(=O)(O)O)CCC12.COC1CC2CC(OC(C)C)CCC2(C)C2CCC3(C)C(C(C)CCC(=O)NCCS(=O)(=O)OCOP(=O)(O)O)CCC3C12.COC1CCC2(C)C(C1)CC(OC(C)C)C1C2CCC2(C)C(C(C)CCC(=O)NCCS(=O)(=O)OCOP(=O)(O)O)CCC12. The lowest BCUT2D eigenvalue weighted by molar-refractivity contribution is -0.198. The summed E-state index contributed by atoms with van der Waals surface area (Å²) in [5.41, 5.74) is 1.50. The number of hydrogen-bond acceptors (Lipinski definition) is 24. The average Bonchev–Trinajstić information content (AvgIpc) is 1.67. The van der Waals surface area contributed by atoms with Crippen LogP contribution in [0, 0.1) is 139 Å². The fraction of sp³-hybridized carbons (Fsp3) is 0.967. The number of fused-ring (bicyclic) bond motifs is 15. The van der Waals surface area contributed by atoms with Crippen molar-refractivity contribution in [2.24, 2.45) is 139 Å². The third-order valence-electron chi connectivity index (χ3n) is 36.0. The van der Waals surface area contributed by atoms with Gasteiger partial charge in [-0.15, -0.1) is 0 Å². The van der Waals surface area contributed by atoms with E-state index in [9.17, 15) is 58.4 Å². The molecule has 0 aromatic heterocycles. The van der Waals surface area contributed by atoms with Crippen LogP contribution in [0.25, 0.3) is 0 Å². The van der Waals surface area contributed by atoms with Crippen LogP contribution in [-0.2, 0) is 108 Å². The molecule has 33 nitrogen and oxygen atoms in total. The lowest BCUT2D eigenvalue weighted by Gasteiger charge is -2.63. The van der Waals surface area contributed by atoms with Gasteiger partial charge >= 0.3 is 23.5 Å². The van der Waals surface area contributed by atoms with Gasteiger partial charge in [-0.1, -0.05) is 62.3 Å². The fourth-order valence-corrected chi connectivity index (χ4v) is 32.7. The molecular weight excluding hydrogens is 1820 g/mol. The highest BCUT2D eigenvalue weighted by Crippen LogP contribution is 2.73. The zero-order valence-electron chi connectivity index (χ0n) is 81.3. The van der Waals surface area contributed by atoms with E-state index in [1.54, 1.807) is 0 Å². The molecule has 0 bridgehead atoms. The van der Waals surface area contributed by atoms with E-state index in [1.165, 1.54) is 70.6 Å². The Hall–Kier alpha value is -1.77. The van der Waals surface area contributed by atoms with Crippen LogP contribution >= 0.6 is 23.5 Å². The summed E-state index contributed by atoms with van der Waals surface area (Å²) in [6, 6.07) is 0. The normalized spacial score (nSPS) is 38.3. The van der Waals surface area contributed by atoms with Crippen molar-refractivity contribution in [2.45, 2.75) is 351 Å². The van der Waals surface area contributed by atoms with Crippen LogP contribution in [0.1, 0.15) is 296 Å². The van der Waals surface area contributed by atoms with Crippen molar-refractivity contribution >= 4 is 71.5 Å². The Labute approximate surface area is 782 Å². The highest BCUT2D eigenvalue weighted by molar-refractivity contribution is 7.87. The first-order chi connectivity index (χ1) is 60.9. The van der Waals surface area contributed by atoms with E-state index in [0.717, 1.165) is 96.3 Å². The van der Waals surface area contributed by atoms with E-state index < -0.39 is 91.5 Å². The second-order valence-electron chi connectivity index (χ2n) is 44.2. The van der Waals surface area contributed by atoms with Crippen molar-refractivity contribution in [3.63, 3.8) is 0 Å². The molecule has 0 aliphatic heterocycles. The van der Waals surface area contributed by atoms with Gasteiger partial charge in [-0.25, -0.2) is 26.2 Å². The topological polar surface area (TPSA) is 484 Å². The highest BCUT2D eigenvalue weighted by atomic mass is 32.2. The molecule has 762 valence electrons. The summed E-state index contributed by atoms with van der Waals surface area (Å²) in [7, 11) is -23.1. The average molecular weight is 1980 g/mol. The number of nitrogens with one attached hydrogen (secondary N) is 3. The maximum atomic E-state index is 12.6. The third-order valence-corrected chi connectivity index (χ3v) is 40.8. The smallest absolute Gasteiger partial charge is 0.393 e. The van der Waals surface area contributed by atoms with Crippen LogP contribution in [0.5, 0.6) is 0 Å². The third kappa shape index (κ3) is 28.2. The van der Waals surface area contributed by atoms with Crippen molar-refractivity contribution in [1.82, 2.24) is 16.0 Å². The number of rotatable bonds is 41. The number of aliphatic hydroxyl groups excluding tert-OH is 1. The van der Waals surface area contributed by atoms with Gasteiger partial charge in [0.25, 0.3) is 30.4 Å². The molecule has 131 heavy (non-hydrogen) atoms. The molecule has 0 radical (unpaired) electrons. The van der Waals surface area contributed by atoms with Crippen molar-refractivity contribution in [3.8, 4) is 0 Å². The van der Waals surface area contributed by atoms with Crippen molar-refractivity contribution in [1.29, 1.82) is 0 Å². The van der Waals surface area contributed by atoms with Gasteiger partial charge in [-0.3, -0.25) is 28.0 Å². The van der Waals surface area contributed by atoms with Crippen molar-refractivity contribution in [2.75, 3.05) is 71.5 Å². The Balaban J connectivity index is 0.000000204. The van der Waals surface area contributed by atoms with E-state index in [4.69, 9.17) is 53.0 Å². The Morgan fingerprint density at radius 1 is 0.359 bits per heavy atom. The number of methoxy groups -OCH3 is 2. The van der Waals surface area contributed by atoms with Crippen LogP contribution in [0.4, 0.5) is 0 Å². The zero-order chi connectivity index (χ0) is 96.8. The minimum Gasteiger partial charge on any atom is -0.393 e. The maximum Gasteiger partial charge on any atom is 0.471 e. The van der Waals surface area contributed by atoms with Crippen molar-refractivity contribution in [3.05, 3.63) is 0 Å². The van der Waals surface area contributed by atoms with Gasteiger partial charge in [0.05, 0.1) is 72.2 Å². The van der Waals surface area contributed by atoms with Gasteiger partial charge in [0.15, 0.2) is 20.4 Å². The molecule has 30 unspecified atom stereocenters. The van der Waals surface area contributed by atoms with Gasteiger partial charge in [-0.05, 0) is 354 Å². The number of carbonyl (C=O) groups excluding carboxylic acids is 3. The number of phosphoric ester groups is 3. The molecule has 0 aromatic rings. The van der Waals surface area contributed by atoms with Gasteiger partial charge in [0, 0.05) is 53.1 Å². The molecular formula is C92H166N3O30P3S3. The van der Waals surface area contributed by atoms with Crippen LogP contribution in [0.3, 0.4) is 0 Å². The summed E-state index contributed by atoms with van der Waals surface area (Å²) in [4.78, 5) is 89.5. The largest absolute Gasteiger partial charge is 0.471 e. The zero-order valence-corrected chi connectivity index (χ0v) is 86.4. The molecule has 12 saturated carbocycles. The molecule has 0 spiro atoms. The summed E-state index contributed by atoms with van der Waals surface area (Å²) in [5.74, 6) is 7.19. The molecule has 0 saturated heterocycles. The highest BCUT2D eigenvalue weighted by Gasteiger charge is 2.67. The monoisotopic (exact) mass is 1980 g/mol. The van der Waals surface area contributed by atoms with Crippen LogP contribution < -0.4 is 16.0 Å². The van der Waals surface area contributed by atoms with E-state index in [1.807, 2.05) is 14.2 Å². The molecule has 0 heterocycles. The van der Waals surface area contributed by atoms with Gasteiger partial charge < -0.3 is 74.1 Å². The van der Waals surface area contributed by atoms with Crippen LogP contribution in [-0.4, -0.2) is 204 Å². The number of carbonyl (C=O) groups is 3. The molecule has 12 aliphatic carbocycles. The number of ether oxygens (including phenoxy) is 5. The molecule has 39 heteroatoms. The minimum atomic E-state index is -4.84. The number of hydrogen-bond donors (Lipinski definition) is 10. The second kappa shape index (κ2) is 45.7. The predicted molar refractivity (Wildman–Crippen MR) is 492 cm³/mol. The second-order valence-corrected chi connectivity index (χ2v) is 53.2. The lowest BCUT2D eigenvalue weighted by atomic mass is 9.43. The van der Waals surface area contributed by atoms with Crippen molar-refractivity contribution < 1.29 is 138 Å². The summed E-state index contributed by atoms with van der Waals surface area (Å²) in [6.07, 6.45) is 32.8. The van der Waals surface area contributed by atoms with E-state index >= 15 is 0 Å². The first-order valence-corrected chi connectivity index (χ1v) is 58.5. The predicted octanol–water partition coefficient (Wildman–Crippen LogP) is 14.4. The van der Waals surface area contributed by atoms with Crippen LogP contribution in [0.15, 0.2) is 0 Å². The summed E-state index contributed by atoms with van der Waals surface area (Å²) >= 11 is 0. The van der Waals surface area contributed by atoms with Gasteiger partial charge in [0.1, 0.15) is 0 Å². The molecule has 10 N–H and O–H groups in total. The maximum absolute atomic E-state index is 12.6. The van der Waals surface area contributed by atoms with Gasteiger partial charge in [0.2, 0.25) is 17.7 Å². The Morgan fingerprint density at radius 3 is 0.962 bits per heavy atom. The first-order valence-electron chi connectivity index (χ1n) is 49.1. The van der Waals surface area contributed by atoms with E-state index in [-0.39, 0.29) is 102 Å². The number of phosphoric acid groups is 3. The Morgan fingerprint density at radius 2 is 0.641 bits per heavy atom. The summed E-state index contributed by atoms with van der Waals surface area (Å²) in [6.45, 7) is 30.9. The quantitative estimate of drug-likeness (QED) is 0.0154. The molecule has 12 rings (SSSR count). The number of amides is 3. The standard InChI is InChI=1S/2C31H56NO10PS.C30H54NO10PS/c1-20(2)42-23-11-13-30(4)22(17-23)18-27(39-6)29-25-9-8-24(31(25,5)14-12-26(29)30)21(3)7-10-28(33)32-15-16-44(37,38)41-19-40-43(34,35)36;1-20(2)42-27-18-22-17-23(39-6)11-13-30(22,4)26-12-14-31(5)24(8-9-25(31)29(26)27)21(3)7-10-28(33)32-15-16-44(37,38)41-19-40-43(34,35)36;1-19(2)41-22-10-12-29(4)21(16-22)17-26(32)28-24-8-7-23(30(24,5)13-11-25(28)29)20(3)6-9-27(33)31-14-15-43(37,38)40-18-39-42(34,35)36/h2*20-27,29H,7-19H2,1-6H3,(H,32,33)(H2,34,35,36);19-26,28,32H,6-18H2,1-5H3,(H,31,33)(H2,34,35,36). The minimum absolute atomic E-state index is 0.139. The lowest BCUT2D eigenvalue weighted by Crippen LogP contribution is -2.59. The fourth-order valence-electron chi connectivity index (χ4n) is 30.0.